The van der Waals surface area contributed by atoms with Gasteiger partial charge < -0.3 is 5.32 Å². The number of allylic oxidation sites excluding steroid dienone is 3. The second-order valence-electron chi connectivity index (χ2n) is 5.95. The van der Waals surface area contributed by atoms with E-state index in [2.05, 4.69) is 11.4 Å². The quantitative estimate of drug-likeness (QED) is 0.581. The van der Waals surface area contributed by atoms with Gasteiger partial charge in [0.15, 0.2) is 0 Å². The molecule has 3 N–H and O–H groups in total. The van der Waals surface area contributed by atoms with Gasteiger partial charge >= 0.3 is 0 Å². The minimum atomic E-state index is -0.531. The summed E-state index contributed by atoms with van der Waals surface area (Å²) < 4.78 is 0. The van der Waals surface area contributed by atoms with E-state index in [0.717, 1.165) is 46.8 Å². The van der Waals surface area contributed by atoms with E-state index in [1.54, 1.807) is 17.6 Å². The summed E-state index contributed by atoms with van der Waals surface area (Å²) in [7, 11) is 0. The zero-order valence-corrected chi connectivity index (χ0v) is 13.5. The average Bonchev–Trinajstić information content (AvgIpc) is 2.84. The predicted octanol–water partition coefficient (Wildman–Crippen LogP) is 3.63. The van der Waals surface area contributed by atoms with Crippen LogP contribution < -0.4 is 10.8 Å². The molecule has 0 saturated heterocycles. The molecule has 5 heteroatoms. The van der Waals surface area contributed by atoms with Gasteiger partial charge in [-0.3, -0.25) is 10.0 Å². The number of fused-ring (bicyclic) bond motifs is 1. The Labute approximate surface area is 145 Å². The minimum Gasteiger partial charge on any atom is -0.357 e. The second kappa shape index (κ2) is 6.37. The van der Waals surface area contributed by atoms with E-state index in [0.29, 0.717) is 5.56 Å². The van der Waals surface area contributed by atoms with Crippen LogP contribution in [0.2, 0.25) is 0 Å². The first-order valence-corrected chi connectivity index (χ1v) is 8.16. The topological polar surface area (TPSA) is 73.7 Å². The number of carbonyl (C=O) groups is 1. The van der Waals surface area contributed by atoms with Crippen LogP contribution in [0.1, 0.15) is 34.3 Å². The van der Waals surface area contributed by atoms with Crippen molar-refractivity contribution < 1.29 is 10.0 Å². The number of anilines is 1. The standard InChI is InChI=1S/C20H17N3O2/c24-20(23-25)14-11-9-13(10-12-14)19-15-5-1-2-6-16(15)21-17-7-3-4-8-18(17)22-19/h1-2,4-6,8-12,21,25H,3,7H2,(H,23,24). The summed E-state index contributed by atoms with van der Waals surface area (Å²) in [5, 5.41) is 12.3. The lowest BCUT2D eigenvalue weighted by molar-refractivity contribution is 0.0706. The molecule has 2 aliphatic rings. The third-order valence-corrected chi connectivity index (χ3v) is 4.37. The van der Waals surface area contributed by atoms with Gasteiger partial charge in [-0.2, -0.15) is 0 Å². The lowest BCUT2D eigenvalue weighted by Gasteiger charge is -2.14. The summed E-state index contributed by atoms with van der Waals surface area (Å²) in [5.41, 5.74) is 7.92. The maximum absolute atomic E-state index is 11.5. The molecule has 4 rings (SSSR count). The molecule has 1 aliphatic carbocycles. The number of para-hydroxylation sites is 1. The Hall–Kier alpha value is -3.18. The molecule has 1 aliphatic heterocycles. The van der Waals surface area contributed by atoms with Crippen LogP contribution in [0.5, 0.6) is 0 Å². The molecular formula is C20H17N3O2. The van der Waals surface area contributed by atoms with Crippen LogP contribution in [0.4, 0.5) is 5.69 Å². The molecule has 0 radical (unpaired) electrons. The molecule has 0 saturated carbocycles. The van der Waals surface area contributed by atoms with Gasteiger partial charge in [-0.25, -0.2) is 10.5 Å². The lowest BCUT2D eigenvalue weighted by Crippen LogP contribution is -2.18. The van der Waals surface area contributed by atoms with Crippen molar-refractivity contribution in [2.24, 2.45) is 4.99 Å². The summed E-state index contributed by atoms with van der Waals surface area (Å²) in [5.74, 6) is -0.531. The molecule has 25 heavy (non-hydrogen) atoms. The van der Waals surface area contributed by atoms with Gasteiger partial charge in [0, 0.05) is 28.1 Å². The van der Waals surface area contributed by atoms with Crippen LogP contribution >= 0.6 is 0 Å². The fourth-order valence-electron chi connectivity index (χ4n) is 3.09. The molecule has 0 bridgehead atoms. The third-order valence-electron chi connectivity index (χ3n) is 4.37. The highest BCUT2D eigenvalue weighted by Crippen LogP contribution is 2.30. The van der Waals surface area contributed by atoms with Crippen molar-refractivity contribution in [3.05, 3.63) is 88.8 Å². The summed E-state index contributed by atoms with van der Waals surface area (Å²) in [6.45, 7) is 0. The third kappa shape index (κ3) is 2.86. The molecule has 5 nitrogen and oxygen atoms in total. The van der Waals surface area contributed by atoms with Gasteiger partial charge in [-0.05, 0) is 37.1 Å². The van der Waals surface area contributed by atoms with Crippen molar-refractivity contribution in [3.63, 3.8) is 0 Å². The number of amides is 1. The maximum atomic E-state index is 11.5. The zero-order chi connectivity index (χ0) is 17.2. The van der Waals surface area contributed by atoms with E-state index >= 15 is 0 Å². The Morgan fingerprint density at radius 1 is 1.12 bits per heavy atom. The first kappa shape index (κ1) is 15.4. The highest BCUT2D eigenvalue weighted by molar-refractivity contribution is 6.17. The van der Waals surface area contributed by atoms with Crippen molar-refractivity contribution in [3.8, 4) is 0 Å². The number of hydroxylamine groups is 1. The normalized spacial score (nSPS) is 15.5. The summed E-state index contributed by atoms with van der Waals surface area (Å²) in [4.78, 5) is 16.4. The van der Waals surface area contributed by atoms with E-state index in [-0.39, 0.29) is 0 Å². The van der Waals surface area contributed by atoms with Gasteiger partial charge in [0.25, 0.3) is 5.91 Å². The van der Waals surface area contributed by atoms with Gasteiger partial charge in [-0.1, -0.05) is 36.4 Å². The van der Waals surface area contributed by atoms with Crippen LogP contribution in [0.15, 0.2) is 77.1 Å². The molecule has 0 fully saturated rings. The Morgan fingerprint density at radius 3 is 2.72 bits per heavy atom. The maximum Gasteiger partial charge on any atom is 0.274 e. The van der Waals surface area contributed by atoms with Crippen LogP contribution in [0.25, 0.3) is 0 Å². The fraction of sp³-hybridized carbons (Fsp3) is 0.100. The van der Waals surface area contributed by atoms with E-state index < -0.39 is 5.91 Å². The second-order valence-corrected chi connectivity index (χ2v) is 5.95. The lowest BCUT2D eigenvalue weighted by atomic mass is 9.99. The number of hydrogen-bond acceptors (Lipinski definition) is 4. The molecule has 2 aromatic carbocycles. The number of benzene rings is 2. The molecule has 0 unspecified atom stereocenters. The smallest absolute Gasteiger partial charge is 0.274 e. The Morgan fingerprint density at radius 2 is 1.92 bits per heavy atom. The summed E-state index contributed by atoms with van der Waals surface area (Å²) in [6.07, 6.45) is 6.12. The molecule has 0 aromatic heterocycles. The average molecular weight is 331 g/mol. The highest BCUT2D eigenvalue weighted by Gasteiger charge is 2.19. The van der Waals surface area contributed by atoms with Crippen LogP contribution in [-0.4, -0.2) is 16.8 Å². The number of aliphatic imine (C=N–C) groups is 1. The number of hydrogen-bond donors (Lipinski definition) is 3. The van der Waals surface area contributed by atoms with Crippen molar-refractivity contribution >= 4 is 17.3 Å². The molecule has 2 aromatic rings. The van der Waals surface area contributed by atoms with Crippen LogP contribution in [0, 0.1) is 0 Å². The predicted molar refractivity (Wildman–Crippen MR) is 96.8 cm³/mol. The fourth-order valence-corrected chi connectivity index (χ4v) is 3.09. The Bertz CT molecular complexity index is 924. The Balaban J connectivity index is 1.83. The van der Waals surface area contributed by atoms with Crippen molar-refractivity contribution in [2.75, 3.05) is 5.32 Å². The SMILES string of the molecule is O=C(NO)c1ccc(C2=NC3=C(CCC=C3)Nc3ccccc32)cc1. The van der Waals surface area contributed by atoms with Crippen molar-refractivity contribution in [2.45, 2.75) is 12.8 Å². The minimum absolute atomic E-state index is 0.393. The first-order chi connectivity index (χ1) is 12.3. The number of nitrogens with one attached hydrogen (secondary N) is 2. The van der Waals surface area contributed by atoms with Gasteiger partial charge in [0.2, 0.25) is 0 Å². The summed E-state index contributed by atoms with van der Waals surface area (Å²) in [6, 6.07) is 15.1. The molecule has 124 valence electrons. The number of nitrogens with zero attached hydrogens (tertiary/aromatic N) is 1. The van der Waals surface area contributed by atoms with Crippen LogP contribution in [-0.2, 0) is 0 Å². The monoisotopic (exact) mass is 331 g/mol. The molecule has 0 spiro atoms. The van der Waals surface area contributed by atoms with Crippen molar-refractivity contribution in [1.82, 2.24) is 5.48 Å². The van der Waals surface area contributed by atoms with Gasteiger partial charge in [0.1, 0.15) is 0 Å². The van der Waals surface area contributed by atoms with E-state index in [9.17, 15) is 4.79 Å². The molecule has 1 amide bonds. The largest absolute Gasteiger partial charge is 0.357 e. The molecule has 1 heterocycles. The van der Waals surface area contributed by atoms with E-state index in [1.165, 1.54) is 0 Å². The van der Waals surface area contributed by atoms with E-state index in [4.69, 9.17) is 10.2 Å². The van der Waals surface area contributed by atoms with E-state index in [1.807, 2.05) is 42.5 Å². The zero-order valence-electron chi connectivity index (χ0n) is 13.5. The summed E-state index contributed by atoms with van der Waals surface area (Å²) >= 11 is 0. The molecular weight excluding hydrogens is 314 g/mol. The van der Waals surface area contributed by atoms with Crippen molar-refractivity contribution in [1.29, 1.82) is 0 Å². The van der Waals surface area contributed by atoms with Gasteiger partial charge in [-0.15, -0.1) is 0 Å². The highest BCUT2D eigenvalue weighted by atomic mass is 16.5. The van der Waals surface area contributed by atoms with Gasteiger partial charge in [0.05, 0.1) is 11.4 Å². The number of rotatable bonds is 2. The Kier molecular flexibility index (Phi) is 3.91. The molecule has 0 atom stereocenters. The first-order valence-electron chi connectivity index (χ1n) is 8.16. The number of carbonyl (C=O) groups excluding carboxylic acids is 1. The van der Waals surface area contributed by atoms with Crippen LogP contribution in [0.3, 0.4) is 0 Å².